The van der Waals surface area contributed by atoms with Gasteiger partial charge >= 0.3 is 5.97 Å². The molecule has 0 fully saturated rings. The fourth-order valence-corrected chi connectivity index (χ4v) is 1.000. The molecule has 1 rings (SSSR count). The zero-order chi connectivity index (χ0) is 9.68. The Morgan fingerprint density at radius 3 is 3.00 bits per heavy atom. The maximum absolute atomic E-state index is 11.1. The maximum atomic E-state index is 11.1. The van der Waals surface area contributed by atoms with Crippen molar-refractivity contribution in [2.75, 3.05) is 6.61 Å². The lowest BCUT2D eigenvalue weighted by Crippen LogP contribution is -2.13. The Bertz CT molecular complexity index is 258. The van der Waals surface area contributed by atoms with E-state index >= 15 is 0 Å². The molecule has 0 bridgehead atoms. The first-order chi connectivity index (χ1) is 6.24. The standard InChI is InChI=1S/C8H13N3O2/c1-3-13-8(12)4-7(2)11-6-9-5-10-11/h5-7H,3-4H2,1-2H3. The first-order valence-corrected chi connectivity index (χ1v) is 4.23. The molecule has 5 heteroatoms. The zero-order valence-electron chi connectivity index (χ0n) is 7.80. The molecule has 1 heterocycles. The van der Waals surface area contributed by atoms with Gasteiger partial charge in [-0.1, -0.05) is 0 Å². The Morgan fingerprint density at radius 1 is 1.69 bits per heavy atom. The molecule has 0 aromatic carbocycles. The highest BCUT2D eigenvalue weighted by Gasteiger charge is 2.11. The lowest BCUT2D eigenvalue weighted by molar-refractivity contribution is -0.143. The van der Waals surface area contributed by atoms with Gasteiger partial charge < -0.3 is 4.74 Å². The van der Waals surface area contributed by atoms with Gasteiger partial charge in [-0.25, -0.2) is 9.67 Å². The second kappa shape index (κ2) is 4.59. The number of aromatic nitrogens is 3. The van der Waals surface area contributed by atoms with Crippen LogP contribution in [0.1, 0.15) is 26.3 Å². The molecule has 72 valence electrons. The van der Waals surface area contributed by atoms with Crippen molar-refractivity contribution in [1.82, 2.24) is 14.8 Å². The summed E-state index contributed by atoms with van der Waals surface area (Å²) in [5.41, 5.74) is 0. The van der Waals surface area contributed by atoms with Gasteiger partial charge in [-0.3, -0.25) is 4.79 Å². The highest BCUT2D eigenvalue weighted by Crippen LogP contribution is 2.08. The van der Waals surface area contributed by atoms with E-state index in [4.69, 9.17) is 4.74 Å². The van der Waals surface area contributed by atoms with E-state index in [9.17, 15) is 4.79 Å². The first-order valence-electron chi connectivity index (χ1n) is 4.23. The molecule has 0 saturated carbocycles. The van der Waals surface area contributed by atoms with Crippen molar-refractivity contribution in [1.29, 1.82) is 0 Å². The van der Waals surface area contributed by atoms with Gasteiger partial charge in [0.25, 0.3) is 0 Å². The van der Waals surface area contributed by atoms with Crippen molar-refractivity contribution in [3.8, 4) is 0 Å². The van der Waals surface area contributed by atoms with Crippen molar-refractivity contribution in [2.45, 2.75) is 26.3 Å². The molecule has 0 aliphatic heterocycles. The lowest BCUT2D eigenvalue weighted by Gasteiger charge is -2.09. The van der Waals surface area contributed by atoms with Crippen LogP contribution in [0.25, 0.3) is 0 Å². The van der Waals surface area contributed by atoms with Gasteiger partial charge in [-0.05, 0) is 13.8 Å². The summed E-state index contributed by atoms with van der Waals surface area (Å²) in [6.45, 7) is 4.10. The summed E-state index contributed by atoms with van der Waals surface area (Å²) in [7, 11) is 0. The van der Waals surface area contributed by atoms with Gasteiger partial charge in [0.05, 0.1) is 19.1 Å². The molecule has 0 radical (unpaired) electrons. The van der Waals surface area contributed by atoms with Crippen LogP contribution in [0.15, 0.2) is 12.7 Å². The third-order valence-corrected chi connectivity index (χ3v) is 1.66. The van der Waals surface area contributed by atoms with Gasteiger partial charge in [-0.2, -0.15) is 5.10 Å². The summed E-state index contributed by atoms with van der Waals surface area (Å²) in [6.07, 6.45) is 3.36. The average Bonchev–Trinajstić information content (AvgIpc) is 2.55. The number of hydrogen-bond donors (Lipinski definition) is 0. The van der Waals surface area contributed by atoms with Crippen molar-refractivity contribution in [3.63, 3.8) is 0 Å². The number of ether oxygens (including phenoxy) is 1. The molecular formula is C8H13N3O2. The number of esters is 1. The van der Waals surface area contributed by atoms with Crippen LogP contribution in [-0.2, 0) is 9.53 Å². The molecule has 1 aromatic heterocycles. The van der Waals surface area contributed by atoms with Crippen LogP contribution >= 0.6 is 0 Å². The van der Waals surface area contributed by atoms with Crippen LogP contribution in [-0.4, -0.2) is 27.3 Å². The van der Waals surface area contributed by atoms with E-state index in [1.165, 1.54) is 6.33 Å². The molecule has 5 nitrogen and oxygen atoms in total. The number of nitrogens with zero attached hydrogens (tertiary/aromatic N) is 3. The average molecular weight is 183 g/mol. The van der Waals surface area contributed by atoms with E-state index in [-0.39, 0.29) is 12.0 Å². The van der Waals surface area contributed by atoms with Crippen molar-refractivity contribution >= 4 is 5.97 Å². The predicted molar refractivity (Wildman–Crippen MR) is 46.0 cm³/mol. The van der Waals surface area contributed by atoms with E-state index in [1.54, 1.807) is 17.9 Å². The molecule has 0 aliphatic rings. The summed E-state index contributed by atoms with van der Waals surface area (Å²) in [6, 6.07) is 0.00144. The molecule has 0 amide bonds. The van der Waals surface area contributed by atoms with Crippen LogP contribution in [0.2, 0.25) is 0 Å². The highest BCUT2D eigenvalue weighted by atomic mass is 16.5. The topological polar surface area (TPSA) is 57.0 Å². The fraction of sp³-hybridized carbons (Fsp3) is 0.625. The van der Waals surface area contributed by atoms with E-state index in [0.717, 1.165) is 0 Å². The Kier molecular flexibility index (Phi) is 3.42. The lowest BCUT2D eigenvalue weighted by atomic mass is 10.2. The van der Waals surface area contributed by atoms with Gasteiger partial charge in [0.2, 0.25) is 0 Å². The van der Waals surface area contributed by atoms with Crippen LogP contribution in [0.5, 0.6) is 0 Å². The first kappa shape index (κ1) is 9.70. The number of rotatable bonds is 4. The Morgan fingerprint density at radius 2 is 2.46 bits per heavy atom. The summed E-state index contributed by atoms with van der Waals surface area (Å²) >= 11 is 0. The quantitative estimate of drug-likeness (QED) is 0.647. The normalized spacial score (nSPS) is 12.5. The fourth-order valence-electron chi connectivity index (χ4n) is 1.000. The van der Waals surface area contributed by atoms with Gasteiger partial charge in [0.1, 0.15) is 12.7 Å². The molecule has 13 heavy (non-hydrogen) atoms. The van der Waals surface area contributed by atoms with Crippen LogP contribution in [0.4, 0.5) is 0 Å². The largest absolute Gasteiger partial charge is 0.466 e. The molecule has 1 atom stereocenters. The molecule has 0 aliphatic carbocycles. The molecule has 0 spiro atoms. The minimum atomic E-state index is -0.203. The SMILES string of the molecule is CCOC(=O)CC(C)n1cncn1. The Labute approximate surface area is 76.7 Å². The van der Waals surface area contributed by atoms with E-state index < -0.39 is 0 Å². The summed E-state index contributed by atoms with van der Waals surface area (Å²) < 4.78 is 6.45. The third kappa shape index (κ3) is 2.85. The Hall–Kier alpha value is -1.39. The molecule has 1 unspecified atom stereocenters. The number of hydrogen-bond acceptors (Lipinski definition) is 4. The molecule has 0 N–H and O–H groups in total. The van der Waals surface area contributed by atoms with Crippen molar-refractivity contribution in [2.24, 2.45) is 0 Å². The van der Waals surface area contributed by atoms with Crippen LogP contribution in [0.3, 0.4) is 0 Å². The molecular weight excluding hydrogens is 170 g/mol. The molecule has 0 saturated heterocycles. The highest BCUT2D eigenvalue weighted by molar-refractivity contribution is 5.69. The van der Waals surface area contributed by atoms with Crippen molar-refractivity contribution < 1.29 is 9.53 Å². The minimum Gasteiger partial charge on any atom is -0.466 e. The van der Waals surface area contributed by atoms with E-state index in [0.29, 0.717) is 13.0 Å². The summed E-state index contributed by atoms with van der Waals surface area (Å²) in [5, 5.41) is 3.93. The van der Waals surface area contributed by atoms with Gasteiger partial charge in [-0.15, -0.1) is 0 Å². The monoisotopic (exact) mass is 183 g/mol. The van der Waals surface area contributed by atoms with Gasteiger partial charge in [0, 0.05) is 0 Å². The number of carbonyl (C=O) groups is 1. The Balaban J connectivity index is 2.42. The summed E-state index contributed by atoms with van der Waals surface area (Å²) in [4.78, 5) is 14.9. The third-order valence-electron chi connectivity index (χ3n) is 1.66. The van der Waals surface area contributed by atoms with Crippen LogP contribution < -0.4 is 0 Å². The second-order valence-electron chi connectivity index (χ2n) is 2.73. The summed E-state index contributed by atoms with van der Waals surface area (Å²) in [5.74, 6) is -0.203. The zero-order valence-corrected chi connectivity index (χ0v) is 7.80. The van der Waals surface area contributed by atoms with Crippen LogP contribution in [0, 0.1) is 0 Å². The minimum absolute atomic E-state index is 0.00144. The molecule has 1 aromatic rings. The maximum Gasteiger partial charge on any atom is 0.307 e. The smallest absolute Gasteiger partial charge is 0.307 e. The van der Waals surface area contributed by atoms with Crippen molar-refractivity contribution in [3.05, 3.63) is 12.7 Å². The van der Waals surface area contributed by atoms with E-state index in [2.05, 4.69) is 10.1 Å². The second-order valence-corrected chi connectivity index (χ2v) is 2.73. The number of carbonyl (C=O) groups excluding carboxylic acids is 1. The van der Waals surface area contributed by atoms with Gasteiger partial charge in [0.15, 0.2) is 0 Å². The predicted octanol–water partition coefficient (Wildman–Crippen LogP) is 0.792. The van der Waals surface area contributed by atoms with E-state index in [1.807, 2.05) is 6.92 Å².